The summed E-state index contributed by atoms with van der Waals surface area (Å²) >= 11 is 12.3. The number of rotatable bonds is 7. The predicted molar refractivity (Wildman–Crippen MR) is 118 cm³/mol. The Morgan fingerprint density at radius 2 is 1.90 bits per heavy atom. The Bertz CT molecular complexity index is 1280. The Balaban J connectivity index is 1.57. The molecule has 0 aliphatic carbocycles. The molecular weight excluding hydrogens is 449 g/mol. The van der Waals surface area contributed by atoms with E-state index in [1.165, 1.54) is 6.20 Å². The normalized spacial score (nSPS) is 11.2. The van der Waals surface area contributed by atoms with Crippen LogP contribution in [0.2, 0.25) is 10.2 Å². The molecule has 12 heteroatoms. The van der Waals surface area contributed by atoms with Gasteiger partial charge in [-0.2, -0.15) is 10.1 Å². The maximum atomic E-state index is 10.8. The largest absolute Gasteiger partial charge is 0.339 e. The Kier molecular flexibility index (Phi) is 6.00. The van der Waals surface area contributed by atoms with Gasteiger partial charge in [0.1, 0.15) is 5.02 Å². The molecule has 0 fully saturated rings. The van der Waals surface area contributed by atoms with E-state index >= 15 is 0 Å². The van der Waals surface area contributed by atoms with Gasteiger partial charge in [-0.15, -0.1) is 0 Å². The van der Waals surface area contributed by atoms with Gasteiger partial charge in [-0.25, -0.2) is 18.1 Å². The zero-order valence-electron chi connectivity index (χ0n) is 15.2. The van der Waals surface area contributed by atoms with Crippen molar-refractivity contribution in [3.63, 3.8) is 0 Å². The van der Waals surface area contributed by atoms with Crippen molar-refractivity contribution < 1.29 is 8.42 Å². The lowest BCUT2D eigenvalue weighted by molar-refractivity contribution is 0.601. The third kappa shape index (κ3) is 4.62. The Morgan fingerprint density at radius 1 is 1.07 bits per heavy atom. The van der Waals surface area contributed by atoms with Crippen LogP contribution in [0.5, 0.6) is 0 Å². The van der Waals surface area contributed by atoms with Gasteiger partial charge in [-0.3, -0.25) is 5.10 Å². The number of benzene rings is 2. The average molecular weight is 464 g/mol. The van der Waals surface area contributed by atoms with Crippen LogP contribution in [0, 0.1) is 0 Å². The van der Waals surface area contributed by atoms with Crippen LogP contribution in [-0.2, 0) is 17.4 Å². The van der Waals surface area contributed by atoms with Crippen molar-refractivity contribution in [1.82, 2.24) is 24.9 Å². The number of anilines is 4. The van der Waals surface area contributed by atoms with E-state index < -0.39 is 10.9 Å². The fraction of sp³-hybridized carbons (Fsp3) is 0.0556. The van der Waals surface area contributed by atoms with Gasteiger partial charge in [0.05, 0.1) is 11.7 Å². The maximum absolute atomic E-state index is 10.8. The number of halogens is 2. The van der Waals surface area contributed by atoms with Gasteiger partial charge >= 0.3 is 0 Å². The summed E-state index contributed by atoms with van der Waals surface area (Å²) in [6.45, 7) is 0.141. The number of hydrogen-bond donors (Lipinski definition) is 5. The molecule has 0 spiro atoms. The number of nitrogens with one attached hydrogen (secondary N) is 4. The molecule has 0 radical (unpaired) electrons. The molecule has 4 N–H and O–H groups in total. The van der Waals surface area contributed by atoms with Crippen LogP contribution in [0.3, 0.4) is 0 Å². The van der Waals surface area contributed by atoms with Crippen LogP contribution in [0.15, 0.2) is 48.7 Å². The van der Waals surface area contributed by atoms with Crippen LogP contribution < -0.4 is 15.4 Å². The second-order valence-electron chi connectivity index (χ2n) is 6.16. The third-order valence-electron chi connectivity index (χ3n) is 4.19. The quantitative estimate of drug-likeness (QED) is 0.264. The summed E-state index contributed by atoms with van der Waals surface area (Å²) in [5.74, 6) is 0.698. The summed E-state index contributed by atoms with van der Waals surface area (Å²) in [6.07, 6.45) is 1.47. The van der Waals surface area contributed by atoms with Gasteiger partial charge in [0.25, 0.3) is 0 Å². The first kappa shape index (κ1) is 20.4. The van der Waals surface area contributed by atoms with Crippen LogP contribution >= 0.6 is 23.2 Å². The van der Waals surface area contributed by atoms with E-state index in [2.05, 4.69) is 35.5 Å². The third-order valence-corrected chi connectivity index (χ3v) is 5.17. The van der Waals surface area contributed by atoms with Gasteiger partial charge in [0.15, 0.2) is 11.0 Å². The molecular formula is C18H15Cl2N7O2S. The molecule has 0 aliphatic rings. The van der Waals surface area contributed by atoms with E-state index in [-0.39, 0.29) is 6.54 Å². The number of H-pyrrole nitrogens is 1. The zero-order chi connectivity index (χ0) is 21.1. The van der Waals surface area contributed by atoms with Gasteiger partial charge in [-0.05, 0) is 29.8 Å². The number of para-hydroxylation sites is 1. The van der Waals surface area contributed by atoms with E-state index in [1.807, 2.05) is 30.3 Å². The van der Waals surface area contributed by atoms with Crippen molar-refractivity contribution in [3.05, 3.63) is 64.4 Å². The van der Waals surface area contributed by atoms with Crippen LogP contribution in [-0.4, -0.2) is 28.6 Å². The zero-order valence-corrected chi connectivity index (χ0v) is 17.6. The molecule has 0 bridgehead atoms. The number of aromatic amines is 1. The molecule has 0 unspecified atom stereocenters. The van der Waals surface area contributed by atoms with Gasteiger partial charge in [0.2, 0.25) is 16.8 Å². The van der Waals surface area contributed by atoms with Crippen molar-refractivity contribution in [2.24, 2.45) is 0 Å². The lowest BCUT2D eigenvalue weighted by Crippen LogP contribution is -2.12. The monoisotopic (exact) mass is 463 g/mol. The molecule has 2 aromatic carbocycles. The van der Waals surface area contributed by atoms with Crippen molar-refractivity contribution in [1.29, 1.82) is 0 Å². The molecule has 154 valence electrons. The Morgan fingerprint density at radius 3 is 2.73 bits per heavy atom. The van der Waals surface area contributed by atoms with Crippen molar-refractivity contribution in [3.8, 4) is 0 Å². The SMILES string of the molecule is O=[SH](=O)NCc1ccccc1Nc1nc(Nc2ccc3c(Cl)n[nH]c3c2)ncc1Cl. The molecule has 4 rings (SSSR count). The molecule has 0 amide bonds. The lowest BCUT2D eigenvalue weighted by atomic mass is 10.2. The average Bonchev–Trinajstić information content (AvgIpc) is 3.10. The highest BCUT2D eigenvalue weighted by molar-refractivity contribution is 7.70. The first-order valence-corrected chi connectivity index (χ1v) is 10.6. The van der Waals surface area contributed by atoms with Crippen LogP contribution in [0.25, 0.3) is 10.9 Å². The molecule has 30 heavy (non-hydrogen) atoms. The Hall–Kier alpha value is -2.92. The van der Waals surface area contributed by atoms with Crippen LogP contribution in [0.4, 0.5) is 23.1 Å². The molecule has 0 saturated carbocycles. The molecule has 2 heterocycles. The standard InChI is InChI=1S/C18H15Cl2N7O2S/c19-13-9-21-18(23-11-5-6-12-15(7-11)26-27-16(12)20)25-17(13)24-14-4-2-1-3-10(14)8-22-30(28)29/h1-7,9,30H,8H2,(H,26,27)(H,22,28,29)(H2,21,23,24,25). The Labute approximate surface area is 182 Å². The molecule has 2 aromatic heterocycles. The fourth-order valence-corrected chi connectivity index (χ4v) is 3.43. The summed E-state index contributed by atoms with van der Waals surface area (Å²) in [5, 5.41) is 14.6. The van der Waals surface area contributed by atoms with Gasteiger partial charge < -0.3 is 10.6 Å². The minimum Gasteiger partial charge on any atom is -0.339 e. The van der Waals surface area contributed by atoms with Crippen LogP contribution in [0.1, 0.15) is 5.56 Å². The summed E-state index contributed by atoms with van der Waals surface area (Å²) in [7, 11) is -2.70. The summed E-state index contributed by atoms with van der Waals surface area (Å²) in [6, 6.07) is 12.7. The molecule has 0 saturated heterocycles. The topological polar surface area (TPSA) is 125 Å². The van der Waals surface area contributed by atoms with E-state index in [0.29, 0.717) is 27.6 Å². The molecule has 9 nitrogen and oxygen atoms in total. The molecule has 0 atom stereocenters. The van der Waals surface area contributed by atoms with Gasteiger partial charge in [-0.1, -0.05) is 41.4 Å². The van der Waals surface area contributed by atoms with E-state index in [9.17, 15) is 8.42 Å². The highest BCUT2D eigenvalue weighted by Gasteiger charge is 2.10. The number of nitrogens with zero attached hydrogens (tertiary/aromatic N) is 3. The molecule has 4 aromatic rings. The smallest absolute Gasteiger partial charge is 0.229 e. The molecule has 0 aliphatic heterocycles. The minimum atomic E-state index is -2.70. The number of fused-ring (bicyclic) bond motifs is 1. The van der Waals surface area contributed by atoms with Crippen molar-refractivity contribution in [2.45, 2.75) is 6.54 Å². The van der Waals surface area contributed by atoms with Gasteiger partial charge in [0, 0.05) is 23.3 Å². The van der Waals surface area contributed by atoms with E-state index in [4.69, 9.17) is 23.2 Å². The fourth-order valence-electron chi connectivity index (χ4n) is 2.78. The number of thiol groups is 1. The second kappa shape index (κ2) is 8.84. The van der Waals surface area contributed by atoms with Crippen molar-refractivity contribution in [2.75, 3.05) is 10.6 Å². The predicted octanol–water partition coefficient (Wildman–Crippen LogP) is 3.76. The highest BCUT2D eigenvalue weighted by Crippen LogP contribution is 2.28. The lowest BCUT2D eigenvalue weighted by Gasteiger charge is -2.13. The van der Waals surface area contributed by atoms with E-state index in [0.717, 1.165) is 22.2 Å². The first-order valence-electron chi connectivity index (χ1n) is 8.65. The summed E-state index contributed by atoms with van der Waals surface area (Å²) in [5.41, 5.74) is 2.92. The summed E-state index contributed by atoms with van der Waals surface area (Å²) < 4.78 is 24.1. The maximum Gasteiger partial charge on any atom is 0.229 e. The number of aromatic nitrogens is 4. The summed E-state index contributed by atoms with van der Waals surface area (Å²) in [4.78, 5) is 8.63. The first-order chi connectivity index (χ1) is 14.5. The second-order valence-corrected chi connectivity index (χ2v) is 7.76. The number of hydrogen-bond acceptors (Lipinski definition) is 7. The van der Waals surface area contributed by atoms with Crippen molar-refractivity contribution >= 4 is 68.1 Å². The minimum absolute atomic E-state index is 0.141. The highest BCUT2D eigenvalue weighted by atomic mass is 35.5. The van der Waals surface area contributed by atoms with E-state index in [1.54, 1.807) is 12.1 Å².